The Morgan fingerprint density at radius 2 is 2.06 bits per heavy atom. The maximum absolute atomic E-state index is 10.9. The Bertz CT molecular complexity index is 412. The molecule has 0 radical (unpaired) electrons. The SMILES string of the molecule is CC1CN(c2cccc(C(=O)O)n2)CC(C)O1. The highest BCUT2D eigenvalue weighted by Gasteiger charge is 2.23. The van der Waals surface area contributed by atoms with Crippen LogP contribution in [0.4, 0.5) is 5.82 Å². The van der Waals surface area contributed by atoms with Gasteiger partial charge in [-0.25, -0.2) is 9.78 Å². The summed E-state index contributed by atoms with van der Waals surface area (Å²) in [5, 5.41) is 8.91. The number of aromatic nitrogens is 1. The van der Waals surface area contributed by atoms with E-state index in [9.17, 15) is 4.79 Å². The summed E-state index contributed by atoms with van der Waals surface area (Å²) in [5.74, 6) is -0.298. The number of anilines is 1. The maximum Gasteiger partial charge on any atom is 0.354 e. The van der Waals surface area contributed by atoms with Gasteiger partial charge in [0.2, 0.25) is 0 Å². The lowest BCUT2D eigenvalue weighted by atomic mass is 10.2. The van der Waals surface area contributed by atoms with Gasteiger partial charge in [-0.1, -0.05) is 6.07 Å². The number of carbonyl (C=O) groups is 1. The highest BCUT2D eigenvalue weighted by Crippen LogP contribution is 2.18. The summed E-state index contributed by atoms with van der Waals surface area (Å²) < 4.78 is 5.63. The minimum Gasteiger partial charge on any atom is -0.477 e. The summed E-state index contributed by atoms with van der Waals surface area (Å²) in [4.78, 5) is 17.1. The van der Waals surface area contributed by atoms with Crippen LogP contribution in [0.1, 0.15) is 24.3 Å². The van der Waals surface area contributed by atoms with Crippen molar-refractivity contribution in [2.75, 3.05) is 18.0 Å². The molecule has 0 amide bonds. The largest absolute Gasteiger partial charge is 0.477 e. The van der Waals surface area contributed by atoms with Gasteiger partial charge in [0.15, 0.2) is 5.69 Å². The van der Waals surface area contributed by atoms with Crippen LogP contribution >= 0.6 is 0 Å². The number of pyridine rings is 1. The Labute approximate surface area is 100 Å². The average Bonchev–Trinajstić information content (AvgIpc) is 2.28. The third kappa shape index (κ3) is 2.74. The van der Waals surface area contributed by atoms with Crippen LogP contribution in [0, 0.1) is 0 Å². The molecule has 5 nitrogen and oxygen atoms in total. The van der Waals surface area contributed by atoms with E-state index in [4.69, 9.17) is 9.84 Å². The second-order valence-electron chi connectivity index (χ2n) is 4.35. The Balaban J connectivity index is 2.21. The van der Waals surface area contributed by atoms with E-state index in [2.05, 4.69) is 9.88 Å². The van der Waals surface area contributed by atoms with E-state index >= 15 is 0 Å². The molecule has 2 atom stereocenters. The third-order valence-electron chi connectivity index (χ3n) is 2.70. The molecule has 0 bridgehead atoms. The number of ether oxygens (including phenoxy) is 1. The fourth-order valence-electron chi connectivity index (χ4n) is 2.08. The van der Waals surface area contributed by atoms with Crippen LogP contribution in [-0.4, -0.2) is 41.4 Å². The number of hydrogen-bond donors (Lipinski definition) is 1. The second-order valence-corrected chi connectivity index (χ2v) is 4.35. The third-order valence-corrected chi connectivity index (χ3v) is 2.70. The van der Waals surface area contributed by atoms with Crippen molar-refractivity contribution in [1.82, 2.24) is 4.98 Å². The smallest absolute Gasteiger partial charge is 0.354 e. The highest BCUT2D eigenvalue weighted by molar-refractivity contribution is 5.85. The predicted octanol–water partition coefficient (Wildman–Crippen LogP) is 1.39. The van der Waals surface area contributed by atoms with Crippen molar-refractivity contribution in [2.24, 2.45) is 0 Å². The van der Waals surface area contributed by atoms with Crippen molar-refractivity contribution < 1.29 is 14.6 Å². The molecule has 1 fully saturated rings. The minimum absolute atomic E-state index is 0.0781. The van der Waals surface area contributed by atoms with Gasteiger partial charge in [-0.3, -0.25) is 0 Å². The van der Waals surface area contributed by atoms with Crippen LogP contribution in [-0.2, 0) is 4.74 Å². The monoisotopic (exact) mass is 236 g/mol. The molecule has 1 aromatic rings. The van der Waals surface area contributed by atoms with E-state index in [-0.39, 0.29) is 17.9 Å². The first kappa shape index (κ1) is 11.9. The molecule has 2 rings (SSSR count). The Kier molecular flexibility index (Phi) is 3.28. The lowest BCUT2D eigenvalue weighted by molar-refractivity contribution is -0.00546. The van der Waals surface area contributed by atoms with Crippen molar-refractivity contribution in [3.63, 3.8) is 0 Å². The Morgan fingerprint density at radius 3 is 2.65 bits per heavy atom. The molecule has 0 saturated carbocycles. The Morgan fingerprint density at radius 1 is 1.41 bits per heavy atom. The van der Waals surface area contributed by atoms with Crippen LogP contribution in [0.15, 0.2) is 18.2 Å². The van der Waals surface area contributed by atoms with Gasteiger partial charge in [0, 0.05) is 13.1 Å². The van der Waals surface area contributed by atoms with E-state index < -0.39 is 5.97 Å². The Hall–Kier alpha value is -1.62. The summed E-state index contributed by atoms with van der Waals surface area (Å²) in [5.41, 5.74) is 0.0781. The van der Waals surface area contributed by atoms with E-state index in [0.717, 1.165) is 13.1 Å². The fourth-order valence-corrected chi connectivity index (χ4v) is 2.08. The zero-order valence-electron chi connectivity index (χ0n) is 9.96. The predicted molar refractivity (Wildman–Crippen MR) is 63.4 cm³/mol. The molecule has 1 aliphatic rings. The number of morpholine rings is 1. The topological polar surface area (TPSA) is 62.7 Å². The van der Waals surface area contributed by atoms with E-state index in [0.29, 0.717) is 5.82 Å². The number of aromatic carboxylic acids is 1. The molecular weight excluding hydrogens is 220 g/mol. The van der Waals surface area contributed by atoms with Gasteiger partial charge >= 0.3 is 5.97 Å². The van der Waals surface area contributed by atoms with Gasteiger partial charge in [-0.2, -0.15) is 0 Å². The maximum atomic E-state index is 10.9. The minimum atomic E-state index is -0.999. The lowest BCUT2D eigenvalue weighted by Gasteiger charge is -2.36. The molecule has 0 aliphatic carbocycles. The first-order chi connectivity index (χ1) is 8.06. The molecule has 1 saturated heterocycles. The number of rotatable bonds is 2. The van der Waals surface area contributed by atoms with Gasteiger partial charge < -0.3 is 14.7 Å². The molecule has 1 aliphatic heterocycles. The van der Waals surface area contributed by atoms with E-state index in [1.54, 1.807) is 6.07 Å². The molecule has 92 valence electrons. The summed E-state index contributed by atoms with van der Waals surface area (Å²) in [6.45, 7) is 5.48. The molecule has 1 N–H and O–H groups in total. The van der Waals surface area contributed by atoms with Gasteiger partial charge in [0.25, 0.3) is 0 Å². The number of nitrogens with zero attached hydrogens (tertiary/aromatic N) is 2. The van der Waals surface area contributed by atoms with Gasteiger partial charge in [-0.15, -0.1) is 0 Å². The van der Waals surface area contributed by atoms with Crippen molar-refractivity contribution in [1.29, 1.82) is 0 Å². The van der Waals surface area contributed by atoms with Crippen LogP contribution < -0.4 is 4.90 Å². The zero-order chi connectivity index (χ0) is 12.4. The second kappa shape index (κ2) is 4.71. The highest BCUT2D eigenvalue weighted by atomic mass is 16.5. The molecule has 5 heteroatoms. The van der Waals surface area contributed by atoms with Gasteiger partial charge in [0.05, 0.1) is 12.2 Å². The first-order valence-corrected chi connectivity index (χ1v) is 5.67. The number of hydrogen-bond acceptors (Lipinski definition) is 4. The van der Waals surface area contributed by atoms with Crippen molar-refractivity contribution in [2.45, 2.75) is 26.1 Å². The first-order valence-electron chi connectivity index (χ1n) is 5.67. The molecule has 2 heterocycles. The van der Waals surface area contributed by atoms with Crippen molar-refractivity contribution in [3.05, 3.63) is 23.9 Å². The van der Waals surface area contributed by atoms with Crippen molar-refractivity contribution in [3.8, 4) is 0 Å². The van der Waals surface area contributed by atoms with E-state index in [1.807, 2.05) is 19.9 Å². The summed E-state index contributed by atoms with van der Waals surface area (Å²) in [6, 6.07) is 5.05. The van der Waals surface area contributed by atoms with E-state index in [1.165, 1.54) is 6.07 Å². The molecule has 17 heavy (non-hydrogen) atoms. The molecular formula is C12H16N2O3. The zero-order valence-corrected chi connectivity index (χ0v) is 9.96. The average molecular weight is 236 g/mol. The van der Waals surface area contributed by atoms with Crippen LogP contribution in [0.5, 0.6) is 0 Å². The van der Waals surface area contributed by atoms with Crippen LogP contribution in [0.3, 0.4) is 0 Å². The van der Waals surface area contributed by atoms with Gasteiger partial charge in [-0.05, 0) is 26.0 Å². The van der Waals surface area contributed by atoms with Crippen molar-refractivity contribution >= 4 is 11.8 Å². The summed E-state index contributed by atoms with van der Waals surface area (Å²) in [6.07, 6.45) is 0.267. The summed E-state index contributed by atoms with van der Waals surface area (Å²) in [7, 11) is 0. The summed E-state index contributed by atoms with van der Waals surface area (Å²) >= 11 is 0. The normalized spacial score (nSPS) is 24.7. The fraction of sp³-hybridized carbons (Fsp3) is 0.500. The quantitative estimate of drug-likeness (QED) is 0.840. The van der Waals surface area contributed by atoms with Crippen LogP contribution in [0.2, 0.25) is 0 Å². The molecule has 2 unspecified atom stereocenters. The molecule has 0 spiro atoms. The lowest BCUT2D eigenvalue weighted by Crippen LogP contribution is -2.45. The van der Waals surface area contributed by atoms with Crippen LogP contribution in [0.25, 0.3) is 0 Å². The standard InChI is InChI=1S/C12H16N2O3/c1-8-6-14(7-9(2)17-8)11-5-3-4-10(13-11)12(15)16/h3-5,8-9H,6-7H2,1-2H3,(H,15,16). The molecule has 0 aromatic carbocycles. The molecule has 1 aromatic heterocycles. The van der Waals surface area contributed by atoms with Gasteiger partial charge in [0.1, 0.15) is 5.82 Å². The number of carboxylic acids is 1. The number of carboxylic acid groups (broad SMARTS) is 1.